The standard InChI is InChI=1S/C14H16N2O/c1-11(13-6-4-3-5-7-13)14(17)8-12-9-15-16(2)10-12/h3-7,9-11H,8H2,1-2H3. The van der Waals surface area contributed by atoms with E-state index in [1.807, 2.05) is 50.5 Å². The number of aromatic nitrogens is 2. The van der Waals surface area contributed by atoms with Gasteiger partial charge < -0.3 is 0 Å². The molecule has 0 radical (unpaired) electrons. The van der Waals surface area contributed by atoms with Gasteiger partial charge in [0, 0.05) is 25.6 Å². The van der Waals surface area contributed by atoms with Gasteiger partial charge in [-0.3, -0.25) is 9.48 Å². The van der Waals surface area contributed by atoms with Gasteiger partial charge in [-0.2, -0.15) is 5.10 Å². The van der Waals surface area contributed by atoms with Gasteiger partial charge in [0.05, 0.1) is 6.20 Å². The topological polar surface area (TPSA) is 34.9 Å². The van der Waals surface area contributed by atoms with Crippen LogP contribution >= 0.6 is 0 Å². The highest BCUT2D eigenvalue weighted by Gasteiger charge is 2.15. The van der Waals surface area contributed by atoms with E-state index in [1.165, 1.54) is 0 Å². The van der Waals surface area contributed by atoms with Gasteiger partial charge in [0.2, 0.25) is 0 Å². The molecule has 0 bridgehead atoms. The Bertz CT molecular complexity index is 502. The minimum atomic E-state index is -0.0589. The van der Waals surface area contributed by atoms with Crippen molar-refractivity contribution in [3.63, 3.8) is 0 Å². The van der Waals surface area contributed by atoms with Crippen LogP contribution in [0, 0.1) is 0 Å². The van der Waals surface area contributed by atoms with Gasteiger partial charge in [0.25, 0.3) is 0 Å². The number of Topliss-reactive ketones (excluding diaryl/α,β-unsaturated/α-hetero) is 1. The van der Waals surface area contributed by atoms with Crippen LogP contribution in [-0.2, 0) is 18.3 Å². The van der Waals surface area contributed by atoms with E-state index in [4.69, 9.17) is 0 Å². The monoisotopic (exact) mass is 228 g/mol. The van der Waals surface area contributed by atoms with Crippen LogP contribution < -0.4 is 0 Å². The molecule has 3 nitrogen and oxygen atoms in total. The maximum atomic E-state index is 12.1. The molecule has 0 amide bonds. The highest BCUT2D eigenvalue weighted by molar-refractivity contribution is 5.87. The minimum absolute atomic E-state index is 0.0589. The Hall–Kier alpha value is -1.90. The Morgan fingerprint density at radius 1 is 1.35 bits per heavy atom. The van der Waals surface area contributed by atoms with Crippen molar-refractivity contribution in [1.29, 1.82) is 0 Å². The molecular weight excluding hydrogens is 212 g/mol. The Balaban J connectivity index is 2.06. The number of rotatable bonds is 4. The summed E-state index contributed by atoms with van der Waals surface area (Å²) in [6.07, 6.45) is 4.08. The van der Waals surface area contributed by atoms with E-state index in [9.17, 15) is 4.79 Å². The maximum absolute atomic E-state index is 12.1. The number of benzene rings is 1. The lowest BCUT2D eigenvalue weighted by Crippen LogP contribution is -2.11. The second-order valence-corrected chi connectivity index (χ2v) is 4.30. The summed E-state index contributed by atoms with van der Waals surface area (Å²) >= 11 is 0. The molecule has 0 fully saturated rings. The van der Waals surface area contributed by atoms with Crippen molar-refractivity contribution >= 4 is 5.78 Å². The number of aryl methyl sites for hydroxylation is 1. The number of carbonyl (C=O) groups excluding carboxylic acids is 1. The molecule has 1 heterocycles. The Morgan fingerprint density at radius 2 is 2.06 bits per heavy atom. The van der Waals surface area contributed by atoms with Crippen LogP contribution in [0.5, 0.6) is 0 Å². The summed E-state index contributed by atoms with van der Waals surface area (Å²) < 4.78 is 1.72. The van der Waals surface area contributed by atoms with Gasteiger partial charge in [-0.1, -0.05) is 37.3 Å². The van der Waals surface area contributed by atoms with E-state index in [2.05, 4.69) is 5.10 Å². The van der Waals surface area contributed by atoms with Gasteiger partial charge in [0.1, 0.15) is 5.78 Å². The van der Waals surface area contributed by atoms with Gasteiger partial charge in [-0.15, -0.1) is 0 Å². The fraction of sp³-hybridized carbons (Fsp3) is 0.286. The molecule has 0 aliphatic carbocycles. The fourth-order valence-electron chi connectivity index (χ4n) is 1.85. The van der Waals surface area contributed by atoms with E-state index in [0.717, 1.165) is 11.1 Å². The van der Waals surface area contributed by atoms with Crippen LogP contribution in [-0.4, -0.2) is 15.6 Å². The highest BCUT2D eigenvalue weighted by atomic mass is 16.1. The first-order valence-electron chi connectivity index (χ1n) is 5.72. The molecular formula is C14H16N2O. The fourth-order valence-corrected chi connectivity index (χ4v) is 1.85. The Labute approximate surface area is 101 Å². The first-order chi connectivity index (χ1) is 8.16. The second-order valence-electron chi connectivity index (χ2n) is 4.30. The third-order valence-electron chi connectivity index (χ3n) is 2.92. The lowest BCUT2D eigenvalue weighted by molar-refractivity contribution is -0.119. The van der Waals surface area contributed by atoms with E-state index < -0.39 is 0 Å². The molecule has 0 spiro atoms. The zero-order valence-corrected chi connectivity index (χ0v) is 10.1. The number of ketones is 1. The summed E-state index contributed by atoms with van der Waals surface area (Å²) in [7, 11) is 1.86. The zero-order valence-electron chi connectivity index (χ0n) is 10.1. The second kappa shape index (κ2) is 4.95. The lowest BCUT2D eigenvalue weighted by atomic mass is 9.94. The molecule has 0 saturated heterocycles. The third kappa shape index (κ3) is 2.81. The predicted molar refractivity (Wildman–Crippen MR) is 66.8 cm³/mol. The third-order valence-corrected chi connectivity index (χ3v) is 2.92. The van der Waals surface area contributed by atoms with Crippen molar-refractivity contribution < 1.29 is 4.79 Å². The molecule has 1 unspecified atom stereocenters. The van der Waals surface area contributed by atoms with Crippen LogP contribution in [0.2, 0.25) is 0 Å². The molecule has 0 saturated carbocycles. The Morgan fingerprint density at radius 3 is 2.65 bits per heavy atom. The van der Waals surface area contributed by atoms with Gasteiger partial charge in [0.15, 0.2) is 0 Å². The SMILES string of the molecule is CC(C(=O)Cc1cnn(C)c1)c1ccccc1. The molecule has 17 heavy (non-hydrogen) atoms. The maximum Gasteiger partial charge on any atom is 0.144 e. The number of hydrogen-bond acceptors (Lipinski definition) is 2. The molecule has 2 aromatic rings. The Kier molecular flexibility index (Phi) is 3.38. The van der Waals surface area contributed by atoms with Crippen LogP contribution in [0.25, 0.3) is 0 Å². The summed E-state index contributed by atoms with van der Waals surface area (Å²) in [5.74, 6) is 0.167. The van der Waals surface area contributed by atoms with Crippen LogP contribution in [0.3, 0.4) is 0 Å². The first kappa shape index (κ1) is 11.6. The quantitative estimate of drug-likeness (QED) is 0.805. The number of hydrogen-bond donors (Lipinski definition) is 0. The summed E-state index contributed by atoms with van der Waals surface area (Å²) in [5, 5.41) is 4.07. The van der Waals surface area contributed by atoms with Crippen LogP contribution in [0.15, 0.2) is 42.7 Å². The molecule has 0 aliphatic rings. The largest absolute Gasteiger partial charge is 0.299 e. The summed E-state index contributed by atoms with van der Waals surface area (Å²) in [6.45, 7) is 1.95. The van der Waals surface area contributed by atoms with Gasteiger partial charge in [-0.25, -0.2) is 0 Å². The number of nitrogens with zero attached hydrogens (tertiary/aromatic N) is 2. The van der Waals surface area contributed by atoms with E-state index in [0.29, 0.717) is 6.42 Å². The van der Waals surface area contributed by atoms with Crippen molar-refractivity contribution in [3.8, 4) is 0 Å². The molecule has 0 aliphatic heterocycles. The van der Waals surface area contributed by atoms with Gasteiger partial charge >= 0.3 is 0 Å². The molecule has 88 valence electrons. The van der Waals surface area contributed by atoms with Crippen molar-refractivity contribution in [2.24, 2.45) is 7.05 Å². The number of carbonyl (C=O) groups is 1. The zero-order chi connectivity index (χ0) is 12.3. The predicted octanol–water partition coefficient (Wildman–Crippen LogP) is 2.34. The minimum Gasteiger partial charge on any atom is -0.299 e. The molecule has 2 rings (SSSR count). The van der Waals surface area contributed by atoms with Crippen molar-refractivity contribution in [1.82, 2.24) is 9.78 Å². The first-order valence-corrected chi connectivity index (χ1v) is 5.72. The van der Waals surface area contributed by atoms with E-state index >= 15 is 0 Å². The lowest BCUT2D eigenvalue weighted by Gasteiger charge is -2.09. The van der Waals surface area contributed by atoms with Crippen molar-refractivity contribution in [2.75, 3.05) is 0 Å². The summed E-state index contributed by atoms with van der Waals surface area (Å²) in [4.78, 5) is 12.1. The summed E-state index contributed by atoms with van der Waals surface area (Å²) in [5.41, 5.74) is 2.04. The summed E-state index contributed by atoms with van der Waals surface area (Å²) in [6, 6.07) is 9.87. The smallest absolute Gasteiger partial charge is 0.144 e. The van der Waals surface area contributed by atoms with Gasteiger partial charge in [-0.05, 0) is 11.1 Å². The molecule has 1 aromatic heterocycles. The molecule has 3 heteroatoms. The van der Waals surface area contributed by atoms with Crippen LogP contribution in [0.4, 0.5) is 0 Å². The van der Waals surface area contributed by atoms with E-state index in [1.54, 1.807) is 10.9 Å². The highest BCUT2D eigenvalue weighted by Crippen LogP contribution is 2.17. The molecule has 1 atom stereocenters. The van der Waals surface area contributed by atoms with E-state index in [-0.39, 0.29) is 11.7 Å². The average Bonchev–Trinajstić information content (AvgIpc) is 2.75. The van der Waals surface area contributed by atoms with Crippen LogP contribution in [0.1, 0.15) is 24.0 Å². The van der Waals surface area contributed by atoms with Crippen molar-refractivity contribution in [3.05, 3.63) is 53.9 Å². The van der Waals surface area contributed by atoms with Crippen molar-refractivity contribution in [2.45, 2.75) is 19.3 Å². The molecule has 1 aromatic carbocycles. The molecule has 0 N–H and O–H groups in total. The average molecular weight is 228 g/mol. The normalized spacial score (nSPS) is 12.4.